The van der Waals surface area contributed by atoms with Crippen molar-refractivity contribution in [1.82, 2.24) is 6.15 Å². The number of aliphatic hydroxyl groups excluding tert-OH is 2. The number of hydrogen-bond acceptors (Lipinski definition) is 2. The van der Waals surface area contributed by atoms with Crippen LogP contribution in [0.3, 0.4) is 0 Å². The summed E-state index contributed by atoms with van der Waals surface area (Å²) in [4.78, 5) is -0.472. The maximum absolute atomic E-state index is 9.56. The van der Waals surface area contributed by atoms with Gasteiger partial charge >= 0.3 is 0 Å². The first-order valence-electron chi connectivity index (χ1n) is 10.6. The van der Waals surface area contributed by atoms with E-state index in [0.717, 1.165) is 19.3 Å². The number of benzene rings is 1. The lowest BCUT2D eigenvalue weighted by Crippen LogP contribution is -2.36. The van der Waals surface area contributed by atoms with Gasteiger partial charge in [-0.05, 0) is 37.2 Å². The van der Waals surface area contributed by atoms with Crippen molar-refractivity contribution in [3.63, 3.8) is 0 Å². The van der Waals surface area contributed by atoms with E-state index in [1.165, 1.54) is 50.5 Å². The van der Waals surface area contributed by atoms with Crippen LogP contribution >= 0.6 is 11.6 Å². The number of halogens is 1. The topological polar surface area (TPSA) is 77.0 Å². The molecule has 0 bridgehead atoms. The molecule has 158 valence electrons. The van der Waals surface area contributed by atoms with Crippen LogP contribution in [-0.2, 0) is 6.42 Å². The molecule has 1 aromatic carbocycles. The van der Waals surface area contributed by atoms with E-state index in [1.807, 2.05) is 18.2 Å². The molecule has 0 aliphatic carbocycles. The van der Waals surface area contributed by atoms with Crippen molar-refractivity contribution in [1.29, 1.82) is 0 Å². The first-order chi connectivity index (χ1) is 12.7. The number of unbranched alkanes of at least 4 members (excludes halogenated alkanes) is 7. The van der Waals surface area contributed by atoms with Gasteiger partial charge in [0.25, 0.3) is 0 Å². The van der Waals surface area contributed by atoms with Crippen LogP contribution in [0.4, 0.5) is 0 Å². The Balaban J connectivity index is 0.00000676. The van der Waals surface area contributed by atoms with Crippen molar-refractivity contribution in [3.8, 4) is 0 Å². The van der Waals surface area contributed by atoms with E-state index in [9.17, 15) is 10.2 Å². The van der Waals surface area contributed by atoms with E-state index >= 15 is 0 Å². The summed E-state index contributed by atoms with van der Waals surface area (Å²) in [5.74, 6) is 0.238. The Morgan fingerprint density at radius 3 is 2.00 bits per heavy atom. The Kier molecular flexibility index (Phi) is 16.0. The quantitative estimate of drug-likeness (QED) is 0.219. The third-order valence-corrected chi connectivity index (χ3v) is 6.11. The highest BCUT2D eigenvalue weighted by atomic mass is 35.5. The molecule has 1 aromatic rings. The van der Waals surface area contributed by atoms with E-state index < -0.39 is 4.87 Å². The first-order valence-corrected chi connectivity index (χ1v) is 11.0. The molecule has 2 unspecified atom stereocenters. The largest absolute Gasteiger partial charge is 0.396 e. The van der Waals surface area contributed by atoms with Gasteiger partial charge in [0.15, 0.2) is 0 Å². The lowest BCUT2D eigenvalue weighted by molar-refractivity contribution is 0.187. The minimum atomic E-state index is -0.472. The summed E-state index contributed by atoms with van der Waals surface area (Å²) in [6.07, 6.45) is 13.5. The molecule has 0 saturated heterocycles. The van der Waals surface area contributed by atoms with Crippen LogP contribution in [0.2, 0.25) is 0 Å². The van der Waals surface area contributed by atoms with Gasteiger partial charge in [0, 0.05) is 13.2 Å². The summed E-state index contributed by atoms with van der Waals surface area (Å²) in [5, 5.41) is 19.1. The average Bonchev–Trinajstić information content (AvgIpc) is 2.64. The second-order valence-corrected chi connectivity index (χ2v) is 8.40. The zero-order valence-corrected chi connectivity index (χ0v) is 18.4. The molecule has 0 heterocycles. The number of aliphatic hydroxyl groups is 2. The summed E-state index contributed by atoms with van der Waals surface area (Å²) in [6.45, 7) is 2.51. The van der Waals surface area contributed by atoms with Crippen LogP contribution in [0.25, 0.3) is 0 Å². The Bertz CT molecular complexity index is 443. The summed E-state index contributed by atoms with van der Waals surface area (Å²) in [7, 11) is 0. The fourth-order valence-electron chi connectivity index (χ4n) is 3.90. The molecule has 3 nitrogen and oxygen atoms in total. The number of quaternary nitrogens is 1. The molecule has 0 fully saturated rings. The molecule has 0 amide bonds. The maximum atomic E-state index is 9.56. The number of rotatable bonds is 16. The van der Waals surface area contributed by atoms with Crippen LogP contribution in [0.5, 0.6) is 0 Å². The van der Waals surface area contributed by atoms with Gasteiger partial charge in [-0.1, -0.05) is 88.6 Å². The van der Waals surface area contributed by atoms with Crippen molar-refractivity contribution in [3.05, 3.63) is 35.9 Å². The molecule has 1 rings (SSSR count). The predicted molar refractivity (Wildman–Crippen MR) is 119 cm³/mol. The lowest BCUT2D eigenvalue weighted by Gasteiger charge is -2.35. The van der Waals surface area contributed by atoms with Gasteiger partial charge in [0.2, 0.25) is 0 Å². The van der Waals surface area contributed by atoms with Crippen LogP contribution in [-0.4, -0.2) is 28.3 Å². The Morgan fingerprint density at radius 2 is 1.44 bits per heavy atom. The van der Waals surface area contributed by atoms with E-state index in [4.69, 9.17) is 11.6 Å². The van der Waals surface area contributed by atoms with E-state index in [2.05, 4.69) is 19.1 Å². The van der Waals surface area contributed by atoms with Gasteiger partial charge in [-0.2, -0.15) is 0 Å². The van der Waals surface area contributed by atoms with E-state index in [1.54, 1.807) is 0 Å². The van der Waals surface area contributed by atoms with Gasteiger partial charge in [0.05, 0.1) is 4.87 Å². The van der Waals surface area contributed by atoms with Crippen LogP contribution < -0.4 is 6.15 Å². The summed E-state index contributed by atoms with van der Waals surface area (Å²) in [6, 6.07) is 10.3. The van der Waals surface area contributed by atoms with Crippen molar-refractivity contribution < 1.29 is 10.2 Å². The second kappa shape index (κ2) is 16.4. The first kappa shape index (κ1) is 26.4. The van der Waals surface area contributed by atoms with Gasteiger partial charge in [-0.25, -0.2) is 0 Å². The van der Waals surface area contributed by atoms with Gasteiger partial charge < -0.3 is 16.4 Å². The van der Waals surface area contributed by atoms with Crippen LogP contribution in [0.1, 0.15) is 83.1 Å². The van der Waals surface area contributed by atoms with Crippen LogP contribution in [0.15, 0.2) is 30.3 Å². The number of hydrogen-bond donors (Lipinski definition) is 3. The number of alkyl halides is 1. The van der Waals surface area contributed by atoms with Crippen LogP contribution in [0, 0.1) is 5.92 Å². The molecule has 0 radical (unpaired) electrons. The van der Waals surface area contributed by atoms with Crippen molar-refractivity contribution in [2.75, 3.05) is 13.2 Å². The standard InChI is InChI=1S/C23H39ClO2.H3N/c1-2-3-4-5-6-7-8-12-15-22(16-18-25)23(24,17-19-26)20-21-13-10-9-11-14-21;/h9-11,13-14,22,25-26H,2-8,12,15-20H2,1H3;1H3/p+1. The van der Waals surface area contributed by atoms with Gasteiger partial charge in [-0.3, -0.25) is 0 Å². The molecule has 0 aromatic heterocycles. The monoisotopic (exact) mass is 400 g/mol. The smallest absolute Gasteiger partial charge is 0.0537 e. The molecule has 6 N–H and O–H groups in total. The predicted octanol–water partition coefficient (Wildman–Crippen LogP) is 6.49. The molecule has 4 heteroatoms. The normalized spacial score (nSPS) is 14.4. The highest BCUT2D eigenvalue weighted by Crippen LogP contribution is 2.38. The molecule has 27 heavy (non-hydrogen) atoms. The zero-order valence-electron chi connectivity index (χ0n) is 17.6. The fraction of sp³-hybridized carbons (Fsp3) is 0.739. The van der Waals surface area contributed by atoms with Crippen molar-refractivity contribution in [2.45, 2.75) is 88.8 Å². The Labute approximate surface area is 172 Å². The average molecular weight is 401 g/mol. The third-order valence-electron chi connectivity index (χ3n) is 5.48. The van der Waals surface area contributed by atoms with Crippen molar-refractivity contribution >= 4 is 11.6 Å². The fourth-order valence-corrected chi connectivity index (χ4v) is 4.36. The molecule has 0 spiro atoms. The molecule has 0 aliphatic heterocycles. The second-order valence-electron chi connectivity index (χ2n) is 7.64. The molecule has 0 saturated carbocycles. The lowest BCUT2D eigenvalue weighted by atomic mass is 9.79. The molecular weight excluding hydrogens is 358 g/mol. The molecular formula is C23H43ClNO2+. The molecule has 2 atom stereocenters. The summed E-state index contributed by atoms with van der Waals surface area (Å²) in [5.41, 5.74) is 1.20. The highest BCUT2D eigenvalue weighted by Gasteiger charge is 2.35. The van der Waals surface area contributed by atoms with E-state index in [-0.39, 0.29) is 25.3 Å². The highest BCUT2D eigenvalue weighted by molar-refractivity contribution is 6.24. The Hall–Kier alpha value is -0.610. The zero-order chi connectivity index (χ0) is 19.1. The maximum Gasteiger partial charge on any atom is 0.0537 e. The Morgan fingerprint density at radius 1 is 0.852 bits per heavy atom. The third kappa shape index (κ3) is 11.1. The minimum Gasteiger partial charge on any atom is -0.396 e. The summed E-state index contributed by atoms with van der Waals surface area (Å²) < 4.78 is 0. The molecule has 0 aliphatic rings. The van der Waals surface area contributed by atoms with Crippen molar-refractivity contribution in [2.24, 2.45) is 5.92 Å². The summed E-state index contributed by atoms with van der Waals surface area (Å²) >= 11 is 7.04. The van der Waals surface area contributed by atoms with Gasteiger partial charge in [0.1, 0.15) is 0 Å². The van der Waals surface area contributed by atoms with Gasteiger partial charge in [-0.15, -0.1) is 11.6 Å². The SMILES string of the molecule is CCCCCCCCCCC(CCO)C(Cl)(CCO)Cc1ccccc1.[NH4+]. The minimum absolute atomic E-state index is 0. The van der Waals surface area contributed by atoms with E-state index in [0.29, 0.717) is 12.8 Å².